The molecular weight excluding hydrogens is 267 g/mol. The van der Waals surface area contributed by atoms with Crippen LogP contribution in [0.25, 0.3) is 0 Å². The molecule has 19 heavy (non-hydrogen) atoms. The molecule has 4 nitrogen and oxygen atoms in total. The molecule has 0 heterocycles. The van der Waals surface area contributed by atoms with Gasteiger partial charge in [-0.05, 0) is 36.1 Å². The van der Waals surface area contributed by atoms with E-state index in [1.54, 1.807) is 11.8 Å². The summed E-state index contributed by atoms with van der Waals surface area (Å²) in [4.78, 5) is 11.6. The number of amides is 1. The lowest BCUT2D eigenvalue weighted by Gasteiger charge is -2.15. The highest BCUT2D eigenvalue weighted by atomic mass is 32.2. The van der Waals surface area contributed by atoms with Crippen LogP contribution in [0.4, 0.5) is 4.39 Å². The second-order valence-electron chi connectivity index (χ2n) is 4.20. The van der Waals surface area contributed by atoms with Gasteiger partial charge in [0.05, 0.1) is 12.1 Å². The molecule has 1 amide bonds. The SMILES string of the molecule is CSCC[C@H](N)C(=O)NCC(O)c1ccc(F)cc1. The van der Waals surface area contributed by atoms with Gasteiger partial charge in [0.2, 0.25) is 5.91 Å². The number of benzene rings is 1. The number of rotatable bonds is 7. The minimum atomic E-state index is -0.864. The maximum absolute atomic E-state index is 12.7. The molecule has 0 saturated carbocycles. The van der Waals surface area contributed by atoms with E-state index in [4.69, 9.17) is 5.73 Å². The molecular formula is C13H19FN2O2S. The Morgan fingerprint density at radius 1 is 1.47 bits per heavy atom. The van der Waals surface area contributed by atoms with Crippen molar-refractivity contribution in [1.29, 1.82) is 0 Å². The van der Waals surface area contributed by atoms with Gasteiger partial charge in [-0.25, -0.2) is 4.39 Å². The van der Waals surface area contributed by atoms with Gasteiger partial charge in [-0.15, -0.1) is 0 Å². The molecule has 0 saturated heterocycles. The lowest BCUT2D eigenvalue weighted by molar-refractivity contribution is -0.122. The summed E-state index contributed by atoms with van der Waals surface area (Å²) in [6.45, 7) is 0.0669. The summed E-state index contributed by atoms with van der Waals surface area (Å²) in [5.74, 6) is 0.170. The fourth-order valence-corrected chi connectivity index (χ4v) is 2.00. The molecule has 0 spiro atoms. The second-order valence-corrected chi connectivity index (χ2v) is 5.19. The van der Waals surface area contributed by atoms with Crippen LogP contribution in [-0.2, 0) is 4.79 Å². The minimum absolute atomic E-state index is 0.0669. The number of nitrogens with one attached hydrogen (secondary N) is 1. The highest BCUT2D eigenvalue weighted by molar-refractivity contribution is 7.98. The van der Waals surface area contributed by atoms with Gasteiger partial charge in [0.15, 0.2) is 0 Å². The molecule has 0 aliphatic carbocycles. The number of hydrogen-bond donors (Lipinski definition) is 3. The molecule has 1 aromatic carbocycles. The Bertz CT molecular complexity index is 400. The van der Waals surface area contributed by atoms with Crippen LogP contribution in [0.2, 0.25) is 0 Å². The Morgan fingerprint density at radius 3 is 2.68 bits per heavy atom. The Labute approximate surface area is 116 Å². The van der Waals surface area contributed by atoms with Gasteiger partial charge in [0, 0.05) is 6.54 Å². The van der Waals surface area contributed by atoms with E-state index in [0.717, 1.165) is 5.75 Å². The highest BCUT2D eigenvalue weighted by Crippen LogP contribution is 2.12. The van der Waals surface area contributed by atoms with Crippen molar-refractivity contribution in [1.82, 2.24) is 5.32 Å². The average molecular weight is 286 g/mol. The van der Waals surface area contributed by atoms with E-state index in [0.29, 0.717) is 12.0 Å². The van der Waals surface area contributed by atoms with Gasteiger partial charge >= 0.3 is 0 Å². The van der Waals surface area contributed by atoms with Crippen molar-refractivity contribution < 1.29 is 14.3 Å². The first-order valence-corrected chi connectivity index (χ1v) is 7.39. The summed E-state index contributed by atoms with van der Waals surface area (Å²) in [7, 11) is 0. The maximum Gasteiger partial charge on any atom is 0.237 e. The first-order chi connectivity index (χ1) is 9.04. The van der Waals surface area contributed by atoms with Crippen LogP contribution in [0, 0.1) is 5.82 Å². The van der Waals surface area contributed by atoms with Gasteiger partial charge in [0.25, 0.3) is 0 Å². The summed E-state index contributed by atoms with van der Waals surface area (Å²) >= 11 is 1.63. The van der Waals surface area contributed by atoms with Crippen LogP contribution < -0.4 is 11.1 Å². The van der Waals surface area contributed by atoms with E-state index >= 15 is 0 Å². The van der Waals surface area contributed by atoms with Gasteiger partial charge in [-0.3, -0.25) is 4.79 Å². The zero-order chi connectivity index (χ0) is 14.3. The molecule has 0 aliphatic heterocycles. The van der Waals surface area contributed by atoms with Gasteiger partial charge in [-0.2, -0.15) is 11.8 Å². The van der Waals surface area contributed by atoms with E-state index in [1.807, 2.05) is 6.26 Å². The summed E-state index contributed by atoms with van der Waals surface area (Å²) < 4.78 is 12.7. The first kappa shape index (κ1) is 15.9. The van der Waals surface area contributed by atoms with Crippen LogP contribution in [0.15, 0.2) is 24.3 Å². The van der Waals surface area contributed by atoms with Crippen molar-refractivity contribution in [3.8, 4) is 0 Å². The van der Waals surface area contributed by atoms with Crippen molar-refractivity contribution >= 4 is 17.7 Å². The zero-order valence-electron chi connectivity index (χ0n) is 10.8. The highest BCUT2D eigenvalue weighted by Gasteiger charge is 2.15. The first-order valence-electron chi connectivity index (χ1n) is 6.00. The standard InChI is InChI=1S/C13H19FN2O2S/c1-19-7-6-11(15)13(18)16-8-12(17)9-2-4-10(14)5-3-9/h2-5,11-12,17H,6-8,15H2,1H3,(H,16,18)/t11-,12?/m0/s1. The van der Waals surface area contributed by atoms with E-state index in [1.165, 1.54) is 24.3 Å². The maximum atomic E-state index is 12.7. The lowest BCUT2D eigenvalue weighted by Crippen LogP contribution is -2.42. The second kappa shape index (κ2) is 8.14. The number of carbonyl (C=O) groups is 1. The normalized spacial score (nSPS) is 13.9. The summed E-state index contributed by atoms with van der Waals surface area (Å²) in [5, 5.41) is 12.4. The van der Waals surface area contributed by atoms with Crippen molar-refractivity contribution in [3.63, 3.8) is 0 Å². The van der Waals surface area contributed by atoms with Crippen molar-refractivity contribution in [2.24, 2.45) is 5.73 Å². The minimum Gasteiger partial charge on any atom is -0.387 e. The van der Waals surface area contributed by atoms with Crippen LogP contribution in [-0.4, -0.2) is 35.6 Å². The molecule has 0 fully saturated rings. The quantitative estimate of drug-likeness (QED) is 0.700. The summed E-state index contributed by atoms with van der Waals surface area (Å²) in [6.07, 6.45) is 1.68. The molecule has 0 radical (unpaired) electrons. The number of aliphatic hydroxyl groups is 1. The van der Waals surface area contributed by atoms with Crippen molar-refractivity contribution in [3.05, 3.63) is 35.6 Å². The number of thioether (sulfide) groups is 1. The number of hydrogen-bond acceptors (Lipinski definition) is 4. The lowest BCUT2D eigenvalue weighted by atomic mass is 10.1. The fourth-order valence-electron chi connectivity index (χ4n) is 1.51. The molecule has 0 aromatic heterocycles. The summed E-state index contributed by atoms with van der Waals surface area (Å²) in [5.41, 5.74) is 6.25. The van der Waals surface area contributed by atoms with Gasteiger partial charge < -0.3 is 16.2 Å². The molecule has 2 atom stereocenters. The van der Waals surface area contributed by atoms with Gasteiger partial charge in [0.1, 0.15) is 5.82 Å². The third kappa shape index (κ3) is 5.59. The van der Waals surface area contributed by atoms with Crippen molar-refractivity contribution in [2.45, 2.75) is 18.6 Å². The Hall–Kier alpha value is -1.11. The van der Waals surface area contributed by atoms with Crippen LogP contribution in [0.5, 0.6) is 0 Å². The molecule has 0 aliphatic rings. The Morgan fingerprint density at radius 2 is 2.11 bits per heavy atom. The number of carbonyl (C=O) groups excluding carboxylic acids is 1. The number of halogens is 1. The molecule has 1 aromatic rings. The van der Waals surface area contributed by atoms with E-state index < -0.39 is 12.1 Å². The zero-order valence-corrected chi connectivity index (χ0v) is 11.6. The predicted octanol–water partition coefficient (Wildman–Crippen LogP) is 1.06. The fraction of sp³-hybridized carbons (Fsp3) is 0.462. The largest absolute Gasteiger partial charge is 0.387 e. The Balaban J connectivity index is 2.39. The number of nitrogens with two attached hydrogens (primary N) is 1. The molecule has 1 unspecified atom stereocenters. The van der Waals surface area contributed by atoms with Crippen LogP contribution >= 0.6 is 11.8 Å². The Kier molecular flexibility index (Phi) is 6.83. The number of aliphatic hydroxyl groups excluding tert-OH is 1. The monoisotopic (exact) mass is 286 g/mol. The molecule has 4 N–H and O–H groups in total. The topological polar surface area (TPSA) is 75.4 Å². The molecule has 0 bridgehead atoms. The predicted molar refractivity (Wildman–Crippen MR) is 75.3 cm³/mol. The van der Waals surface area contributed by atoms with Gasteiger partial charge in [-0.1, -0.05) is 12.1 Å². The molecule has 6 heteroatoms. The third-order valence-corrected chi connectivity index (χ3v) is 3.34. The summed E-state index contributed by atoms with van der Waals surface area (Å²) in [6, 6.07) is 4.95. The van der Waals surface area contributed by atoms with E-state index in [-0.39, 0.29) is 18.3 Å². The van der Waals surface area contributed by atoms with E-state index in [2.05, 4.69) is 5.32 Å². The van der Waals surface area contributed by atoms with Crippen LogP contribution in [0.1, 0.15) is 18.1 Å². The van der Waals surface area contributed by atoms with Crippen molar-refractivity contribution in [2.75, 3.05) is 18.6 Å². The third-order valence-electron chi connectivity index (χ3n) is 2.69. The molecule has 1 rings (SSSR count). The average Bonchev–Trinajstić information content (AvgIpc) is 2.42. The molecule has 106 valence electrons. The smallest absolute Gasteiger partial charge is 0.237 e. The van der Waals surface area contributed by atoms with Crippen LogP contribution in [0.3, 0.4) is 0 Å². The van der Waals surface area contributed by atoms with E-state index in [9.17, 15) is 14.3 Å².